The second-order valence-electron chi connectivity index (χ2n) is 8.40. The van der Waals surface area contributed by atoms with Gasteiger partial charge in [-0.15, -0.1) is 0 Å². The average molecular weight is 486 g/mol. The van der Waals surface area contributed by atoms with Gasteiger partial charge in [0.1, 0.15) is 16.7 Å². The normalized spacial score (nSPS) is 15.4. The SMILES string of the molecule is COc1cccc(N2C(=O)/C(=C\c3ccc(C(C)C)cc3)N=C2SC(C(N)=O)c2ccccc2)c1. The molecule has 2 N–H and O–H groups in total. The molecule has 1 aliphatic rings. The quantitative estimate of drug-likeness (QED) is 0.447. The van der Waals surface area contributed by atoms with E-state index < -0.39 is 11.2 Å². The molecule has 2 amide bonds. The Labute approximate surface area is 209 Å². The zero-order valence-electron chi connectivity index (χ0n) is 19.8. The van der Waals surface area contributed by atoms with Crippen molar-refractivity contribution in [2.75, 3.05) is 12.0 Å². The number of amidine groups is 1. The third kappa shape index (κ3) is 5.46. The van der Waals surface area contributed by atoms with Crippen molar-refractivity contribution in [2.45, 2.75) is 25.0 Å². The fourth-order valence-corrected chi connectivity index (χ4v) is 4.78. The Morgan fingerprint density at radius 1 is 1.00 bits per heavy atom. The van der Waals surface area contributed by atoms with Crippen LogP contribution >= 0.6 is 11.8 Å². The van der Waals surface area contributed by atoms with E-state index in [1.54, 1.807) is 37.5 Å². The molecule has 0 radical (unpaired) electrons. The van der Waals surface area contributed by atoms with Crippen molar-refractivity contribution >= 4 is 40.5 Å². The number of amides is 2. The molecule has 1 heterocycles. The summed E-state index contributed by atoms with van der Waals surface area (Å²) in [7, 11) is 1.57. The van der Waals surface area contributed by atoms with Gasteiger partial charge in [0.05, 0.1) is 12.8 Å². The number of carbonyl (C=O) groups is 2. The smallest absolute Gasteiger partial charge is 0.283 e. The van der Waals surface area contributed by atoms with Gasteiger partial charge in [0.15, 0.2) is 5.17 Å². The van der Waals surface area contributed by atoms with Gasteiger partial charge in [0, 0.05) is 6.07 Å². The van der Waals surface area contributed by atoms with Gasteiger partial charge in [-0.05, 0) is 40.8 Å². The second kappa shape index (κ2) is 10.6. The number of ether oxygens (including phenoxy) is 1. The molecule has 3 aromatic carbocycles. The van der Waals surface area contributed by atoms with Crippen LogP contribution in [-0.4, -0.2) is 24.1 Å². The Balaban J connectivity index is 1.75. The Morgan fingerprint density at radius 3 is 2.34 bits per heavy atom. The van der Waals surface area contributed by atoms with Crippen LogP contribution in [0.1, 0.15) is 41.7 Å². The topological polar surface area (TPSA) is 85.0 Å². The Hall–Kier alpha value is -3.84. The predicted molar refractivity (Wildman–Crippen MR) is 142 cm³/mol. The van der Waals surface area contributed by atoms with Gasteiger partial charge in [0.2, 0.25) is 5.91 Å². The number of carbonyl (C=O) groups excluding carboxylic acids is 2. The summed E-state index contributed by atoms with van der Waals surface area (Å²) in [6, 6.07) is 24.5. The number of methoxy groups -OCH3 is 1. The minimum absolute atomic E-state index is 0.281. The molecule has 178 valence electrons. The maximum atomic E-state index is 13.6. The molecule has 0 bridgehead atoms. The van der Waals surface area contributed by atoms with Crippen LogP contribution in [0.3, 0.4) is 0 Å². The second-order valence-corrected chi connectivity index (χ2v) is 9.47. The highest BCUT2D eigenvalue weighted by molar-refractivity contribution is 8.15. The summed E-state index contributed by atoms with van der Waals surface area (Å²) in [4.78, 5) is 32.1. The van der Waals surface area contributed by atoms with Gasteiger partial charge < -0.3 is 10.5 Å². The van der Waals surface area contributed by atoms with Crippen LogP contribution in [0.2, 0.25) is 0 Å². The fraction of sp³-hybridized carbons (Fsp3) is 0.179. The molecule has 3 aromatic rings. The number of anilines is 1. The number of hydrogen-bond acceptors (Lipinski definition) is 5. The number of hydrogen-bond donors (Lipinski definition) is 1. The Morgan fingerprint density at radius 2 is 1.71 bits per heavy atom. The van der Waals surface area contributed by atoms with Gasteiger partial charge in [-0.1, -0.05) is 86.3 Å². The molecular weight excluding hydrogens is 458 g/mol. The van der Waals surface area contributed by atoms with Crippen LogP contribution < -0.4 is 15.4 Å². The third-order valence-electron chi connectivity index (χ3n) is 5.63. The van der Waals surface area contributed by atoms with Crippen molar-refractivity contribution in [3.63, 3.8) is 0 Å². The lowest BCUT2D eigenvalue weighted by atomic mass is 10.0. The van der Waals surface area contributed by atoms with Crippen molar-refractivity contribution in [1.29, 1.82) is 0 Å². The van der Waals surface area contributed by atoms with E-state index in [9.17, 15) is 9.59 Å². The summed E-state index contributed by atoms with van der Waals surface area (Å²) in [5.41, 5.74) is 9.46. The number of benzene rings is 3. The van der Waals surface area contributed by atoms with E-state index in [4.69, 9.17) is 10.5 Å². The zero-order valence-corrected chi connectivity index (χ0v) is 20.7. The lowest BCUT2D eigenvalue weighted by Crippen LogP contribution is -2.32. The summed E-state index contributed by atoms with van der Waals surface area (Å²) < 4.78 is 5.35. The molecule has 0 spiro atoms. The van der Waals surface area contributed by atoms with Crippen molar-refractivity contribution in [1.82, 2.24) is 0 Å². The number of rotatable bonds is 7. The van der Waals surface area contributed by atoms with E-state index in [1.165, 1.54) is 10.5 Å². The van der Waals surface area contributed by atoms with E-state index in [-0.39, 0.29) is 11.6 Å². The number of nitrogens with zero attached hydrogens (tertiary/aromatic N) is 2. The van der Waals surface area contributed by atoms with E-state index in [1.807, 2.05) is 54.6 Å². The predicted octanol–water partition coefficient (Wildman–Crippen LogP) is 5.52. The molecule has 0 saturated carbocycles. The van der Waals surface area contributed by atoms with Gasteiger partial charge in [-0.3, -0.25) is 14.5 Å². The van der Waals surface area contributed by atoms with Crippen LogP contribution in [0.5, 0.6) is 5.75 Å². The molecule has 0 aliphatic carbocycles. The molecular formula is C28H27N3O3S. The van der Waals surface area contributed by atoms with E-state index in [2.05, 4.69) is 18.8 Å². The summed E-state index contributed by atoms with van der Waals surface area (Å²) in [6.07, 6.45) is 1.76. The highest BCUT2D eigenvalue weighted by atomic mass is 32.2. The first-order valence-corrected chi connectivity index (χ1v) is 12.1. The summed E-state index contributed by atoms with van der Waals surface area (Å²) >= 11 is 1.15. The number of thioether (sulfide) groups is 1. The maximum absolute atomic E-state index is 13.6. The van der Waals surface area contributed by atoms with Gasteiger partial charge >= 0.3 is 0 Å². The van der Waals surface area contributed by atoms with E-state index in [0.717, 1.165) is 22.9 Å². The fourth-order valence-electron chi connectivity index (χ4n) is 3.71. The molecule has 0 aromatic heterocycles. The zero-order chi connectivity index (χ0) is 24.9. The van der Waals surface area contributed by atoms with Crippen molar-refractivity contribution in [2.24, 2.45) is 10.7 Å². The van der Waals surface area contributed by atoms with Crippen molar-refractivity contribution in [3.8, 4) is 5.75 Å². The molecule has 6 nitrogen and oxygen atoms in total. The first kappa shape index (κ1) is 24.3. The average Bonchev–Trinajstić information content (AvgIpc) is 3.17. The van der Waals surface area contributed by atoms with E-state index >= 15 is 0 Å². The van der Waals surface area contributed by atoms with Crippen LogP contribution in [0, 0.1) is 0 Å². The summed E-state index contributed by atoms with van der Waals surface area (Å²) in [5.74, 6) is 0.225. The highest BCUT2D eigenvalue weighted by Gasteiger charge is 2.35. The Bertz CT molecular complexity index is 1280. The largest absolute Gasteiger partial charge is 0.497 e. The molecule has 1 aliphatic heterocycles. The molecule has 1 atom stereocenters. The first-order valence-electron chi connectivity index (χ1n) is 11.3. The molecule has 7 heteroatoms. The van der Waals surface area contributed by atoms with Crippen LogP contribution in [0.15, 0.2) is 89.6 Å². The van der Waals surface area contributed by atoms with Crippen LogP contribution in [0.25, 0.3) is 6.08 Å². The van der Waals surface area contributed by atoms with Crippen molar-refractivity contribution < 1.29 is 14.3 Å². The van der Waals surface area contributed by atoms with Gasteiger partial charge in [0.25, 0.3) is 5.91 Å². The maximum Gasteiger partial charge on any atom is 0.283 e. The molecule has 4 rings (SSSR count). The summed E-state index contributed by atoms with van der Waals surface area (Å²) in [5, 5.41) is -0.332. The van der Waals surface area contributed by atoms with Gasteiger partial charge in [-0.25, -0.2) is 4.99 Å². The number of nitrogens with two attached hydrogens (primary N) is 1. The van der Waals surface area contributed by atoms with Gasteiger partial charge in [-0.2, -0.15) is 0 Å². The lowest BCUT2D eigenvalue weighted by molar-refractivity contribution is -0.117. The molecule has 35 heavy (non-hydrogen) atoms. The third-order valence-corrected chi connectivity index (χ3v) is 6.86. The number of primary amides is 1. The molecule has 0 fully saturated rings. The highest BCUT2D eigenvalue weighted by Crippen LogP contribution is 2.37. The first-order chi connectivity index (χ1) is 16.9. The van der Waals surface area contributed by atoms with E-state index in [0.29, 0.717) is 22.5 Å². The lowest BCUT2D eigenvalue weighted by Gasteiger charge is -2.21. The minimum atomic E-state index is -0.708. The minimum Gasteiger partial charge on any atom is -0.497 e. The van der Waals surface area contributed by atoms with Crippen molar-refractivity contribution in [3.05, 3.63) is 101 Å². The molecule has 0 saturated heterocycles. The van der Waals surface area contributed by atoms with Crippen LogP contribution in [-0.2, 0) is 9.59 Å². The Kier molecular flexibility index (Phi) is 7.36. The van der Waals surface area contributed by atoms with Crippen LogP contribution in [0.4, 0.5) is 5.69 Å². The number of aliphatic imine (C=N–C) groups is 1. The standard InChI is InChI=1S/C28H27N3O3S/c1-18(2)20-14-12-19(13-15-20)16-24-27(33)31(22-10-7-11-23(17-22)34-3)28(30-24)35-25(26(29)32)21-8-5-4-6-9-21/h4-18,25H,1-3H3,(H2,29,32)/b24-16+. The molecule has 1 unspecified atom stereocenters. The monoisotopic (exact) mass is 485 g/mol. The summed E-state index contributed by atoms with van der Waals surface area (Å²) in [6.45, 7) is 4.27.